The van der Waals surface area contributed by atoms with Crippen LogP contribution in [0.4, 0.5) is 4.79 Å². The first kappa shape index (κ1) is 10.3. The van der Waals surface area contributed by atoms with Crippen LogP contribution in [0.3, 0.4) is 0 Å². The topological polar surface area (TPSA) is 72.5 Å². The number of carbonyl (C=O) groups excluding carboxylic acids is 1. The van der Waals surface area contributed by atoms with E-state index in [1.807, 2.05) is 0 Å². The molecule has 1 N–H and O–H groups in total. The maximum absolute atomic E-state index is 11.0. The highest BCUT2D eigenvalue weighted by molar-refractivity contribution is 8.13. The highest BCUT2D eigenvalue weighted by Gasteiger charge is 2.19. The van der Waals surface area contributed by atoms with E-state index in [4.69, 9.17) is 15.4 Å². The van der Waals surface area contributed by atoms with Gasteiger partial charge in [-0.25, -0.2) is 13.2 Å². The van der Waals surface area contributed by atoms with Crippen molar-refractivity contribution < 1.29 is 17.9 Å². The summed E-state index contributed by atoms with van der Waals surface area (Å²) in [6.07, 6.45) is -0.552. The number of carbonyl (C=O) groups is 1. The summed E-state index contributed by atoms with van der Waals surface area (Å²) in [6, 6.07) is 4.07. The molecule has 15 heavy (non-hydrogen) atoms. The Morgan fingerprint density at radius 3 is 2.80 bits per heavy atom. The molecule has 0 atom stereocenters. The first-order chi connectivity index (χ1) is 6.97. The van der Waals surface area contributed by atoms with Crippen molar-refractivity contribution >= 4 is 25.8 Å². The standard InChI is InChI=1S/C8H6ClNO4S/c9-15(12,13)6-1-2-7-5(3-6)4-10-8(11)14-7/h1-3H,4H2,(H,10,11). The molecule has 1 aromatic rings. The number of nitrogens with one attached hydrogen (secondary N) is 1. The van der Waals surface area contributed by atoms with Gasteiger partial charge in [-0.1, -0.05) is 0 Å². The van der Waals surface area contributed by atoms with E-state index in [1.54, 1.807) is 0 Å². The fourth-order valence-corrected chi connectivity index (χ4v) is 2.05. The molecule has 1 aliphatic rings. The second kappa shape index (κ2) is 3.39. The van der Waals surface area contributed by atoms with Crippen molar-refractivity contribution in [2.24, 2.45) is 0 Å². The van der Waals surface area contributed by atoms with Crippen LogP contribution in [0, 0.1) is 0 Å². The van der Waals surface area contributed by atoms with Gasteiger partial charge in [0.25, 0.3) is 9.05 Å². The zero-order valence-electron chi connectivity index (χ0n) is 7.36. The summed E-state index contributed by atoms with van der Waals surface area (Å²) >= 11 is 0. The fraction of sp³-hybridized carbons (Fsp3) is 0.125. The Labute approximate surface area is 90.4 Å². The summed E-state index contributed by atoms with van der Waals surface area (Å²) in [4.78, 5) is 10.8. The molecule has 1 aliphatic heterocycles. The van der Waals surface area contributed by atoms with Gasteiger partial charge in [0.05, 0.1) is 4.90 Å². The lowest BCUT2D eigenvalue weighted by Crippen LogP contribution is -2.31. The van der Waals surface area contributed by atoms with Crippen molar-refractivity contribution in [1.29, 1.82) is 0 Å². The Morgan fingerprint density at radius 1 is 1.40 bits per heavy atom. The number of amides is 1. The Morgan fingerprint density at radius 2 is 2.13 bits per heavy atom. The highest BCUT2D eigenvalue weighted by atomic mass is 35.7. The minimum absolute atomic E-state index is 0.0114. The van der Waals surface area contributed by atoms with E-state index >= 15 is 0 Å². The average molecular weight is 248 g/mol. The van der Waals surface area contributed by atoms with Gasteiger partial charge in [0.15, 0.2) is 0 Å². The van der Waals surface area contributed by atoms with E-state index in [0.717, 1.165) is 0 Å². The zero-order chi connectivity index (χ0) is 11.1. The van der Waals surface area contributed by atoms with Crippen molar-refractivity contribution in [3.05, 3.63) is 23.8 Å². The smallest absolute Gasteiger partial charge is 0.410 e. The van der Waals surface area contributed by atoms with E-state index in [9.17, 15) is 13.2 Å². The van der Waals surface area contributed by atoms with Crippen LogP contribution in [0.5, 0.6) is 5.75 Å². The molecule has 0 saturated carbocycles. The number of hydrogen-bond acceptors (Lipinski definition) is 4. The van der Waals surface area contributed by atoms with Crippen LogP contribution in [0.1, 0.15) is 5.56 Å². The monoisotopic (exact) mass is 247 g/mol. The summed E-state index contributed by atoms with van der Waals surface area (Å²) in [5, 5.41) is 2.42. The third-order valence-corrected chi connectivity index (χ3v) is 3.29. The number of benzene rings is 1. The van der Waals surface area contributed by atoms with E-state index < -0.39 is 15.1 Å². The van der Waals surface area contributed by atoms with Gasteiger partial charge in [0.2, 0.25) is 0 Å². The maximum Gasteiger partial charge on any atom is 0.412 e. The normalized spacial score (nSPS) is 15.1. The zero-order valence-corrected chi connectivity index (χ0v) is 8.93. The predicted molar refractivity (Wildman–Crippen MR) is 52.3 cm³/mol. The number of rotatable bonds is 1. The Kier molecular flexibility index (Phi) is 2.32. The van der Waals surface area contributed by atoms with Crippen molar-refractivity contribution in [2.45, 2.75) is 11.4 Å². The molecule has 0 aromatic heterocycles. The van der Waals surface area contributed by atoms with Gasteiger partial charge in [-0.2, -0.15) is 0 Å². The molecule has 0 aliphatic carbocycles. The molecule has 0 radical (unpaired) electrons. The third kappa shape index (κ3) is 2.05. The number of ether oxygens (including phenoxy) is 1. The van der Waals surface area contributed by atoms with Crippen molar-refractivity contribution in [2.75, 3.05) is 0 Å². The first-order valence-electron chi connectivity index (χ1n) is 4.00. The average Bonchev–Trinajstić information content (AvgIpc) is 2.15. The Hall–Kier alpha value is -1.27. The second-order valence-electron chi connectivity index (χ2n) is 2.95. The van der Waals surface area contributed by atoms with Crippen molar-refractivity contribution in [3.63, 3.8) is 0 Å². The number of halogens is 1. The largest absolute Gasteiger partial charge is 0.412 e. The molecule has 2 rings (SSSR count). The Balaban J connectivity index is 2.48. The summed E-state index contributed by atoms with van der Waals surface area (Å²) in [5.41, 5.74) is 0.580. The lowest BCUT2D eigenvalue weighted by atomic mass is 10.2. The van der Waals surface area contributed by atoms with Crippen molar-refractivity contribution in [1.82, 2.24) is 5.32 Å². The van der Waals surface area contributed by atoms with Crippen LogP contribution in [-0.2, 0) is 15.6 Å². The molecule has 0 bridgehead atoms. The molecule has 0 fully saturated rings. The molecule has 7 heteroatoms. The molecule has 0 spiro atoms. The summed E-state index contributed by atoms with van der Waals surface area (Å²) in [7, 11) is 1.43. The molecule has 80 valence electrons. The third-order valence-electron chi connectivity index (χ3n) is 1.94. The summed E-state index contributed by atoms with van der Waals surface area (Å²) in [6.45, 7) is 0.231. The molecule has 1 aromatic carbocycles. The van der Waals surface area contributed by atoms with Crippen LogP contribution in [0.2, 0.25) is 0 Å². The van der Waals surface area contributed by atoms with Crippen LogP contribution in [0.15, 0.2) is 23.1 Å². The second-order valence-corrected chi connectivity index (χ2v) is 5.52. The molecule has 1 heterocycles. The lowest BCUT2D eigenvalue weighted by Gasteiger charge is -2.16. The highest BCUT2D eigenvalue weighted by Crippen LogP contribution is 2.26. The molecular formula is C8H6ClNO4S. The van der Waals surface area contributed by atoms with Gasteiger partial charge in [-0.15, -0.1) is 0 Å². The molecule has 0 saturated heterocycles. The predicted octanol–water partition coefficient (Wildman–Crippen LogP) is 1.22. The Bertz CT molecular complexity index is 525. The van der Waals surface area contributed by atoms with E-state index in [-0.39, 0.29) is 11.4 Å². The quantitative estimate of drug-likeness (QED) is 0.758. The van der Waals surface area contributed by atoms with Crippen LogP contribution < -0.4 is 10.1 Å². The van der Waals surface area contributed by atoms with Gasteiger partial charge in [-0.3, -0.25) is 0 Å². The van der Waals surface area contributed by atoms with Gasteiger partial charge >= 0.3 is 6.09 Å². The SMILES string of the molecule is O=C1NCc2cc(S(=O)(=O)Cl)ccc2O1. The van der Waals surface area contributed by atoms with E-state index in [0.29, 0.717) is 11.3 Å². The minimum atomic E-state index is -3.75. The number of hydrogen-bond donors (Lipinski definition) is 1. The summed E-state index contributed by atoms with van der Waals surface area (Å²) in [5.74, 6) is 0.350. The van der Waals surface area contributed by atoms with Gasteiger partial charge < -0.3 is 10.1 Å². The molecule has 0 unspecified atom stereocenters. The lowest BCUT2D eigenvalue weighted by molar-refractivity contribution is 0.194. The van der Waals surface area contributed by atoms with Gasteiger partial charge in [0.1, 0.15) is 5.75 Å². The van der Waals surface area contributed by atoms with E-state index in [2.05, 4.69) is 5.32 Å². The maximum atomic E-state index is 11.0. The van der Waals surface area contributed by atoms with Crippen LogP contribution >= 0.6 is 10.7 Å². The van der Waals surface area contributed by atoms with Gasteiger partial charge in [0, 0.05) is 22.8 Å². The van der Waals surface area contributed by atoms with Gasteiger partial charge in [-0.05, 0) is 18.2 Å². The van der Waals surface area contributed by atoms with E-state index in [1.165, 1.54) is 18.2 Å². The first-order valence-corrected chi connectivity index (χ1v) is 6.31. The van der Waals surface area contributed by atoms with Crippen LogP contribution in [-0.4, -0.2) is 14.5 Å². The number of fused-ring (bicyclic) bond motifs is 1. The van der Waals surface area contributed by atoms with Crippen LogP contribution in [0.25, 0.3) is 0 Å². The minimum Gasteiger partial charge on any atom is -0.410 e. The fourth-order valence-electron chi connectivity index (χ4n) is 1.25. The molecular weight excluding hydrogens is 242 g/mol. The summed E-state index contributed by atoms with van der Waals surface area (Å²) < 4.78 is 26.9. The molecule has 1 amide bonds. The molecule has 5 nitrogen and oxygen atoms in total. The van der Waals surface area contributed by atoms with Crippen molar-refractivity contribution in [3.8, 4) is 5.75 Å².